The minimum absolute atomic E-state index is 0. The third kappa shape index (κ3) is 4.39. The molecule has 3 aromatic carbocycles. The van der Waals surface area contributed by atoms with E-state index in [-0.39, 0.29) is 34.2 Å². The van der Waals surface area contributed by atoms with E-state index in [0.29, 0.717) is 13.0 Å². The number of hydrogen-bond acceptors (Lipinski definition) is 2. The lowest BCUT2D eigenvalue weighted by Crippen LogP contribution is -3.00. The summed E-state index contributed by atoms with van der Waals surface area (Å²) >= 11 is 0. The number of nitrogens with one attached hydrogen (secondary N) is 1. The molecule has 0 bridgehead atoms. The number of nitrogens with zero attached hydrogens (tertiary/aromatic N) is 3. The number of rotatable bonds is 5. The van der Waals surface area contributed by atoms with Gasteiger partial charge in [0.05, 0.1) is 10.8 Å². The first-order valence-electron chi connectivity index (χ1n) is 12.0. The van der Waals surface area contributed by atoms with Gasteiger partial charge in [-0.25, -0.2) is 4.39 Å². The molecule has 6 rings (SSSR count). The van der Waals surface area contributed by atoms with Crippen LogP contribution in [0.3, 0.4) is 0 Å². The second-order valence-corrected chi connectivity index (χ2v) is 9.31. The Kier molecular flexibility index (Phi) is 6.58. The molecule has 1 fully saturated rings. The lowest BCUT2D eigenvalue weighted by molar-refractivity contribution is -0.661. The van der Waals surface area contributed by atoms with Crippen LogP contribution in [0.5, 0.6) is 0 Å². The second kappa shape index (κ2) is 9.82. The van der Waals surface area contributed by atoms with Crippen LogP contribution in [0.25, 0.3) is 22.4 Å². The summed E-state index contributed by atoms with van der Waals surface area (Å²) < 4.78 is 18.2. The molecule has 2 heterocycles. The zero-order valence-corrected chi connectivity index (χ0v) is 21.3. The number of carbonyl (C=O) groups excluding carboxylic acids is 1. The number of benzene rings is 3. The molecular formula is C29H26BrFN4O. The van der Waals surface area contributed by atoms with E-state index in [0.717, 1.165) is 52.9 Å². The normalized spacial score (nSPS) is 18.7. The topological polar surface area (TPSA) is 50.8 Å². The lowest BCUT2D eigenvalue weighted by Gasteiger charge is -2.25. The van der Waals surface area contributed by atoms with E-state index < -0.39 is 0 Å². The molecule has 0 saturated carbocycles. The quantitative estimate of drug-likeness (QED) is 0.390. The van der Waals surface area contributed by atoms with Gasteiger partial charge in [0.1, 0.15) is 12.4 Å². The van der Waals surface area contributed by atoms with Crippen LogP contribution in [0, 0.1) is 5.82 Å². The molecule has 1 atom stereocenters. The lowest BCUT2D eigenvalue weighted by atomic mass is 9.88. The van der Waals surface area contributed by atoms with Crippen LogP contribution in [0.15, 0.2) is 91.1 Å². The van der Waals surface area contributed by atoms with Crippen LogP contribution < -0.4 is 27.0 Å². The number of amides is 1. The SMILES string of the molecule is O=C1CC[C@]2(CCC=C2c2c[n+](-c3ccc(F)cc3-c3ccccc3)nn2Cc2ccccc2)N1.[Br-]. The molecular weight excluding hydrogens is 519 g/mol. The fourth-order valence-corrected chi connectivity index (χ4v) is 5.38. The molecule has 1 aliphatic heterocycles. The summed E-state index contributed by atoms with van der Waals surface area (Å²) in [5.41, 5.74) is 5.38. The highest BCUT2D eigenvalue weighted by atomic mass is 79.9. The maximum absolute atomic E-state index is 14.3. The van der Waals surface area contributed by atoms with Gasteiger partial charge in [-0.1, -0.05) is 66.7 Å². The smallest absolute Gasteiger partial charge is 0.220 e. The van der Waals surface area contributed by atoms with Crippen molar-refractivity contribution in [3.05, 3.63) is 108 Å². The van der Waals surface area contributed by atoms with Gasteiger partial charge in [-0.2, -0.15) is 0 Å². The van der Waals surface area contributed by atoms with Gasteiger partial charge < -0.3 is 22.3 Å². The molecule has 182 valence electrons. The Labute approximate surface area is 220 Å². The van der Waals surface area contributed by atoms with Gasteiger partial charge in [-0.15, -0.1) is 9.36 Å². The molecule has 0 unspecified atom stereocenters. The Morgan fingerprint density at radius 3 is 2.47 bits per heavy atom. The predicted octanol–water partition coefficient (Wildman–Crippen LogP) is 1.84. The average molecular weight is 545 g/mol. The molecule has 0 radical (unpaired) electrons. The van der Waals surface area contributed by atoms with Crippen LogP contribution in [-0.4, -0.2) is 21.3 Å². The van der Waals surface area contributed by atoms with E-state index >= 15 is 0 Å². The van der Waals surface area contributed by atoms with Crippen molar-refractivity contribution in [2.75, 3.05) is 0 Å². The minimum Gasteiger partial charge on any atom is -1.00 e. The van der Waals surface area contributed by atoms with Gasteiger partial charge in [-0.05, 0) is 48.6 Å². The van der Waals surface area contributed by atoms with Gasteiger partial charge in [0.25, 0.3) is 0 Å². The summed E-state index contributed by atoms with van der Waals surface area (Å²) in [6, 6.07) is 24.8. The first-order chi connectivity index (χ1) is 17.1. The number of allylic oxidation sites excluding steroid dienone is 1. The van der Waals surface area contributed by atoms with E-state index in [1.165, 1.54) is 6.07 Å². The van der Waals surface area contributed by atoms with E-state index in [2.05, 4.69) is 23.5 Å². The number of aromatic nitrogens is 3. The van der Waals surface area contributed by atoms with Crippen molar-refractivity contribution < 1.29 is 30.8 Å². The minimum atomic E-state index is -0.339. The van der Waals surface area contributed by atoms with Gasteiger partial charge in [0.2, 0.25) is 5.91 Å². The number of halogens is 2. The number of hydrogen-bond donors (Lipinski definition) is 1. The fourth-order valence-electron chi connectivity index (χ4n) is 5.38. The van der Waals surface area contributed by atoms with Crippen LogP contribution >= 0.6 is 0 Å². The first kappa shape index (κ1) is 24.1. The summed E-state index contributed by atoms with van der Waals surface area (Å²) in [5.74, 6) is -0.187. The summed E-state index contributed by atoms with van der Waals surface area (Å²) in [6.45, 7) is 0.590. The monoisotopic (exact) mass is 544 g/mol. The van der Waals surface area contributed by atoms with Crippen molar-refractivity contribution >= 4 is 11.5 Å². The third-order valence-electron chi connectivity index (χ3n) is 7.06. The summed E-state index contributed by atoms with van der Waals surface area (Å²) in [7, 11) is 0. The van der Waals surface area contributed by atoms with Crippen molar-refractivity contribution in [2.24, 2.45) is 0 Å². The molecule has 5 nitrogen and oxygen atoms in total. The highest BCUT2D eigenvalue weighted by molar-refractivity contribution is 5.87. The van der Waals surface area contributed by atoms with Gasteiger partial charge >= 0.3 is 0 Å². The van der Waals surface area contributed by atoms with E-state index in [1.807, 2.05) is 64.1 Å². The third-order valence-corrected chi connectivity index (χ3v) is 7.06. The van der Waals surface area contributed by atoms with Gasteiger partial charge in [0, 0.05) is 17.6 Å². The molecule has 1 saturated heterocycles. The van der Waals surface area contributed by atoms with Crippen LogP contribution in [0.1, 0.15) is 36.9 Å². The van der Waals surface area contributed by atoms with E-state index in [4.69, 9.17) is 5.21 Å². The molecule has 1 N–H and O–H groups in total. The Hall–Kier alpha value is -3.58. The molecule has 2 aliphatic rings. The van der Waals surface area contributed by atoms with Crippen molar-refractivity contribution in [1.82, 2.24) is 15.2 Å². The van der Waals surface area contributed by atoms with E-state index in [1.54, 1.807) is 12.1 Å². The summed E-state index contributed by atoms with van der Waals surface area (Å²) in [5, 5.41) is 8.22. The maximum atomic E-state index is 14.3. The highest BCUT2D eigenvalue weighted by Gasteiger charge is 2.46. The Morgan fingerprint density at radius 1 is 1.00 bits per heavy atom. The standard InChI is InChI=1S/C29H25FN4O.BrH/c30-23-13-14-26(24(18-23)22-10-5-2-6-11-22)34-20-27(33(32-34)19-21-8-3-1-4-9-21)25-12-7-16-29(25)17-15-28(35)31-29;/h1-6,8-14,18,20H,7,15-17,19H2;1H/t29-;/m0./s1. The van der Waals surface area contributed by atoms with Crippen molar-refractivity contribution in [2.45, 2.75) is 37.8 Å². The van der Waals surface area contributed by atoms with Gasteiger partial charge in [0.15, 0.2) is 17.6 Å². The average Bonchev–Trinajstić information content (AvgIpc) is 3.59. The molecule has 1 amide bonds. The van der Waals surface area contributed by atoms with Crippen LogP contribution in [0.4, 0.5) is 4.39 Å². The largest absolute Gasteiger partial charge is 1.00 e. The van der Waals surface area contributed by atoms with Crippen LogP contribution in [0.2, 0.25) is 0 Å². The highest BCUT2D eigenvalue weighted by Crippen LogP contribution is 2.43. The van der Waals surface area contributed by atoms with Crippen molar-refractivity contribution in [3.63, 3.8) is 0 Å². The molecule has 1 aliphatic carbocycles. The molecule has 7 heteroatoms. The summed E-state index contributed by atoms with van der Waals surface area (Å²) in [4.78, 5) is 12.2. The second-order valence-electron chi connectivity index (χ2n) is 9.31. The molecule has 4 aromatic rings. The van der Waals surface area contributed by atoms with Gasteiger partial charge in [-0.3, -0.25) is 4.79 Å². The van der Waals surface area contributed by atoms with Crippen molar-refractivity contribution in [1.29, 1.82) is 0 Å². The molecule has 1 spiro atoms. The molecule has 36 heavy (non-hydrogen) atoms. The Bertz CT molecular complexity index is 1430. The fraction of sp³-hybridized carbons (Fsp3) is 0.207. The Balaban J connectivity index is 0.00000267. The van der Waals surface area contributed by atoms with Crippen molar-refractivity contribution in [3.8, 4) is 16.8 Å². The van der Waals surface area contributed by atoms with Crippen LogP contribution in [-0.2, 0) is 11.3 Å². The maximum Gasteiger partial charge on any atom is 0.220 e. The zero-order valence-electron chi connectivity index (χ0n) is 19.7. The zero-order chi connectivity index (χ0) is 23.8. The van der Waals surface area contributed by atoms with E-state index in [9.17, 15) is 9.18 Å². The summed E-state index contributed by atoms with van der Waals surface area (Å²) in [6.07, 6.45) is 7.40. The first-order valence-corrected chi connectivity index (χ1v) is 12.0. The number of carbonyl (C=O) groups is 1. The Morgan fingerprint density at radius 2 is 1.75 bits per heavy atom. The predicted molar refractivity (Wildman–Crippen MR) is 132 cm³/mol. The molecule has 1 aromatic heterocycles.